The van der Waals surface area contributed by atoms with E-state index in [9.17, 15) is 9.18 Å². The van der Waals surface area contributed by atoms with Crippen molar-refractivity contribution in [3.63, 3.8) is 0 Å². The Hall–Kier alpha value is -2.67. The van der Waals surface area contributed by atoms with Crippen LogP contribution in [0.2, 0.25) is 0 Å². The lowest BCUT2D eigenvalue weighted by molar-refractivity contribution is -0.0154. The number of hydrogen-bond acceptors (Lipinski definition) is 4. The first-order valence-electron chi connectivity index (χ1n) is 8.76. The van der Waals surface area contributed by atoms with Crippen molar-refractivity contribution >= 4 is 11.7 Å². The fourth-order valence-corrected chi connectivity index (χ4v) is 2.81. The predicted molar refractivity (Wildman–Crippen MR) is 97.4 cm³/mol. The first-order valence-corrected chi connectivity index (χ1v) is 8.76. The summed E-state index contributed by atoms with van der Waals surface area (Å²) in [5.74, 6) is -0.279. The van der Waals surface area contributed by atoms with E-state index in [1.165, 1.54) is 12.1 Å². The van der Waals surface area contributed by atoms with Crippen LogP contribution in [0.3, 0.4) is 0 Å². The molecule has 1 atom stereocenters. The number of nitrogens with one attached hydrogen (secondary N) is 2. The Balaban J connectivity index is 1.39. The van der Waals surface area contributed by atoms with Gasteiger partial charge in [0.15, 0.2) is 0 Å². The average Bonchev–Trinajstić information content (AvgIpc) is 2.69. The van der Waals surface area contributed by atoms with Gasteiger partial charge in [-0.05, 0) is 36.2 Å². The van der Waals surface area contributed by atoms with Gasteiger partial charge in [-0.2, -0.15) is 0 Å². The average molecular weight is 358 g/mol. The standard InChI is InChI=1S/C19H23FN4O2/c20-16-6-4-15(5-7-16)18-14-24(11-12-26-18)19(25)23-10-2-9-22-17-3-1-8-21-13-17/h1,3-8,13,18,22H,2,9-12,14H2,(H,23,25). The Labute approximate surface area is 152 Å². The highest BCUT2D eigenvalue weighted by Gasteiger charge is 2.25. The summed E-state index contributed by atoms with van der Waals surface area (Å²) in [4.78, 5) is 18.1. The number of amides is 2. The zero-order chi connectivity index (χ0) is 18.2. The number of carbonyl (C=O) groups is 1. The highest BCUT2D eigenvalue weighted by Crippen LogP contribution is 2.22. The van der Waals surface area contributed by atoms with Gasteiger partial charge in [-0.3, -0.25) is 4.98 Å². The van der Waals surface area contributed by atoms with Gasteiger partial charge >= 0.3 is 6.03 Å². The van der Waals surface area contributed by atoms with Gasteiger partial charge in [0.05, 0.1) is 18.8 Å². The van der Waals surface area contributed by atoms with E-state index in [0.29, 0.717) is 26.2 Å². The Kier molecular flexibility index (Phi) is 6.38. The molecule has 0 bridgehead atoms. The molecule has 2 aromatic rings. The number of pyridine rings is 1. The Morgan fingerprint density at radius 1 is 1.27 bits per heavy atom. The normalized spacial score (nSPS) is 17.0. The van der Waals surface area contributed by atoms with Gasteiger partial charge in [-0.25, -0.2) is 9.18 Å². The van der Waals surface area contributed by atoms with Crippen LogP contribution >= 0.6 is 0 Å². The molecule has 1 aromatic carbocycles. The molecule has 1 fully saturated rings. The Morgan fingerprint density at radius 2 is 2.12 bits per heavy atom. The van der Waals surface area contributed by atoms with E-state index < -0.39 is 0 Å². The molecule has 0 radical (unpaired) electrons. The van der Waals surface area contributed by atoms with Crippen LogP contribution in [0.15, 0.2) is 48.8 Å². The minimum atomic E-state index is -0.279. The first-order chi connectivity index (χ1) is 12.7. The molecular formula is C19H23FN4O2. The minimum Gasteiger partial charge on any atom is -0.384 e. The number of morpholine rings is 1. The molecule has 0 spiro atoms. The summed E-state index contributed by atoms with van der Waals surface area (Å²) in [6.45, 7) is 2.83. The summed E-state index contributed by atoms with van der Waals surface area (Å²) in [5.41, 5.74) is 1.85. The van der Waals surface area contributed by atoms with Gasteiger partial charge in [0.1, 0.15) is 11.9 Å². The number of carbonyl (C=O) groups excluding carboxylic acids is 1. The summed E-state index contributed by atoms with van der Waals surface area (Å²) in [5, 5.41) is 6.19. The molecule has 1 aliphatic rings. The quantitative estimate of drug-likeness (QED) is 0.780. The summed E-state index contributed by atoms with van der Waals surface area (Å²) in [7, 11) is 0. The Morgan fingerprint density at radius 3 is 2.88 bits per heavy atom. The van der Waals surface area contributed by atoms with Gasteiger partial charge in [0, 0.05) is 32.0 Å². The molecule has 1 unspecified atom stereocenters. The maximum absolute atomic E-state index is 13.0. The number of halogens is 1. The second-order valence-electron chi connectivity index (χ2n) is 6.11. The second-order valence-corrected chi connectivity index (χ2v) is 6.11. The molecule has 1 aliphatic heterocycles. The SMILES string of the molecule is O=C(NCCCNc1cccnc1)N1CCOC(c2ccc(F)cc2)C1. The van der Waals surface area contributed by atoms with Crippen LogP contribution in [-0.4, -0.2) is 48.7 Å². The molecular weight excluding hydrogens is 335 g/mol. The van der Waals surface area contributed by atoms with Crippen LogP contribution < -0.4 is 10.6 Å². The van der Waals surface area contributed by atoms with Crippen LogP contribution in [0, 0.1) is 5.82 Å². The van der Waals surface area contributed by atoms with E-state index in [1.807, 2.05) is 12.1 Å². The number of ether oxygens (including phenoxy) is 1. The number of hydrogen-bond donors (Lipinski definition) is 2. The number of aromatic nitrogens is 1. The van der Waals surface area contributed by atoms with Crippen molar-refractivity contribution in [2.24, 2.45) is 0 Å². The van der Waals surface area contributed by atoms with Gasteiger partial charge in [-0.15, -0.1) is 0 Å². The second kappa shape index (κ2) is 9.15. The van der Waals surface area contributed by atoms with Crippen molar-refractivity contribution in [2.75, 3.05) is 38.1 Å². The maximum atomic E-state index is 13.0. The van der Waals surface area contributed by atoms with E-state index in [1.54, 1.807) is 29.4 Å². The summed E-state index contributed by atoms with van der Waals surface area (Å²) < 4.78 is 18.8. The molecule has 2 amide bonds. The van der Waals surface area contributed by atoms with Gasteiger partial charge < -0.3 is 20.3 Å². The van der Waals surface area contributed by atoms with Gasteiger partial charge in [0.25, 0.3) is 0 Å². The number of urea groups is 1. The molecule has 7 heteroatoms. The fourth-order valence-electron chi connectivity index (χ4n) is 2.81. The topological polar surface area (TPSA) is 66.5 Å². The molecule has 3 rings (SSSR count). The molecule has 0 saturated carbocycles. The highest BCUT2D eigenvalue weighted by atomic mass is 19.1. The lowest BCUT2D eigenvalue weighted by Gasteiger charge is -2.33. The molecule has 0 aliphatic carbocycles. The van der Waals surface area contributed by atoms with Gasteiger partial charge in [-0.1, -0.05) is 12.1 Å². The van der Waals surface area contributed by atoms with Crippen molar-refractivity contribution in [3.8, 4) is 0 Å². The molecule has 2 heterocycles. The fraction of sp³-hybridized carbons (Fsp3) is 0.368. The maximum Gasteiger partial charge on any atom is 0.317 e. The van der Waals surface area contributed by atoms with Crippen molar-refractivity contribution in [3.05, 3.63) is 60.2 Å². The van der Waals surface area contributed by atoms with Crippen molar-refractivity contribution in [2.45, 2.75) is 12.5 Å². The monoisotopic (exact) mass is 358 g/mol. The zero-order valence-electron chi connectivity index (χ0n) is 14.5. The molecule has 138 valence electrons. The van der Waals surface area contributed by atoms with Crippen molar-refractivity contribution < 1.29 is 13.9 Å². The smallest absolute Gasteiger partial charge is 0.317 e. The minimum absolute atomic E-state index is 0.0956. The van der Waals surface area contributed by atoms with Crippen LogP contribution in [0.5, 0.6) is 0 Å². The number of anilines is 1. The lowest BCUT2D eigenvalue weighted by Crippen LogP contribution is -2.47. The number of benzene rings is 1. The largest absolute Gasteiger partial charge is 0.384 e. The molecule has 2 N–H and O–H groups in total. The zero-order valence-corrected chi connectivity index (χ0v) is 14.5. The third-order valence-corrected chi connectivity index (χ3v) is 4.22. The van der Waals surface area contributed by atoms with Crippen LogP contribution in [-0.2, 0) is 4.74 Å². The highest BCUT2D eigenvalue weighted by molar-refractivity contribution is 5.74. The van der Waals surface area contributed by atoms with Crippen LogP contribution in [0.4, 0.5) is 14.9 Å². The summed E-state index contributed by atoms with van der Waals surface area (Å²) in [6.07, 6.45) is 4.09. The van der Waals surface area contributed by atoms with Crippen molar-refractivity contribution in [1.82, 2.24) is 15.2 Å². The lowest BCUT2D eigenvalue weighted by atomic mass is 10.1. The van der Waals surface area contributed by atoms with E-state index in [4.69, 9.17) is 4.74 Å². The molecule has 1 aromatic heterocycles. The van der Waals surface area contributed by atoms with E-state index in [2.05, 4.69) is 15.6 Å². The van der Waals surface area contributed by atoms with Crippen LogP contribution in [0.1, 0.15) is 18.1 Å². The van der Waals surface area contributed by atoms with E-state index >= 15 is 0 Å². The predicted octanol–water partition coefficient (Wildman–Crippen LogP) is 2.81. The van der Waals surface area contributed by atoms with E-state index in [0.717, 1.165) is 24.2 Å². The van der Waals surface area contributed by atoms with Crippen molar-refractivity contribution in [1.29, 1.82) is 0 Å². The van der Waals surface area contributed by atoms with Crippen LogP contribution in [0.25, 0.3) is 0 Å². The van der Waals surface area contributed by atoms with Gasteiger partial charge in [0.2, 0.25) is 0 Å². The first kappa shape index (κ1) is 18.1. The summed E-state index contributed by atoms with van der Waals surface area (Å²) >= 11 is 0. The molecule has 1 saturated heterocycles. The third kappa shape index (κ3) is 5.16. The third-order valence-electron chi connectivity index (χ3n) is 4.22. The number of nitrogens with zero attached hydrogens (tertiary/aromatic N) is 2. The summed E-state index contributed by atoms with van der Waals surface area (Å²) in [6, 6.07) is 9.95. The Bertz CT molecular complexity index is 696. The molecule has 26 heavy (non-hydrogen) atoms. The van der Waals surface area contributed by atoms with E-state index in [-0.39, 0.29) is 18.0 Å². The number of rotatable bonds is 6. The molecule has 6 nitrogen and oxygen atoms in total.